The van der Waals surface area contributed by atoms with Crippen LogP contribution in [-0.4, -0.2) is 54.4 Å². The lowest BCUT2D eigenvalue weighted by atomic mass is 9.99. The van der Waals surface area contributed by atoms with Crippen LogP contribution in [0.5, 0.6) is 11.5 Å². The van der Waals surface area contributed by atoms with Gasteiger partial charge in [-0.1, -0.05) is 62.4 Å². The summed E-state index contributed by atoms with van der Waals surface area (Å²) in [7, 11) is 0. The summed E-state index contributed by atoms with van der Waals surface area (Å²) in [6.45, 7) is 4.75. The molecule has 188 valence electrons. The molecule has 0 aliphatic carbocycles. The first kappa shape index (κ1) is 25.3. The third-order valence-electron chi connectivity index (χ3n) is 5.92. The molecule has 1 atom stereocenters. The minimum absolute atomic E-state index is 0.0293. The van der Waals surface area contributed by atoms with E-state index in [9.17, 15) is 14.7 Å². The van der Waals surface area contributed by atoms with Crippen LogP contribution in [0.3, 0.4) is 0 Å². The first-order valence-corrected chi connectivity index (χ1v) is 12.2. The van der Waals surface area contributed by atoms with Gasteiger partial charge in [-0.25, -0.2) is 0 Å². The predicted molar refractivity (Wildman–Crippen MR) is 137 cm³/mol. The topological polar surface area (TPSA) is 88.1 Å². The van der Waals surface area contributed by atoms with Crippen LogP contribution in [0, 0.1) is 5.92 Å². The Morgan fingerprint density at radius 2 is 1.67 bits per heavy atom. The first-order chi connectivity index (χ1) is 17.4. The minimum atomic E-state index is -0.924. The SMILES string of the molecule is CC(C)CN(CC(O)CNC(=O)c1ccccc1Cc1ccccc1)C(=O)c1ccc2c(c1)OCO2. The van der Waals surface area contributed by atoms with Gasteiger partial charge < -0.3 is 24.8 Å². The van der Waals surface area contributed by atoms with Crippen molar-refractivity contribution in [3.05, 3.63) is 95.1 Å². The Bertz CT molecular complexity index is 1200. The van der Waals surface area contributed by atoms with Crippen molar-refractivity contribution in [2.75, 3.05) is 26.4 Å². The molecule has 1 heterocycles. The highest BCUT2D eigenvalue weighted by atomic mass is 16.7. The molecule has 2 N–H and O–H groups in total. The van der Waals surface area contributed by atoms with Crippen LogP contribution in [0.2, 0.25) is 0 Å². The molecular weight excluding hydrogens is 456 g/mol. The molecule has 7 heteroatoms. The van der Waals surface area contributed by atoms with Crippen LogP contribution in [0.1, 0.15) is 45.7 Å². The smallest absolute Gasteiger partial charge is 0.254 e. The van der Waals surface area contributed by atoms with Crippen molar-refractivity contribution >= 4 is 11.8 Å². The maximum atomic E-state index is 13.2. The Balaban J connectivity index is 1.38. The second kappa shape index (κ2) is 11.7. The average Bonchev–Trinajstić information content (AvgIpc) is 3.35. The van der Waals surface area contributed by atoms with E-state index >= 15 is 0 Å². The fraction of sp³-hybridized carbons (Fsp3) is 0.310. The van der Waals surface area contributed by atoms with E-state index in [2.05, 4.69) is 5.32 Å². The van der Waals surface area contributed by atoms with Gasteiger partial charge in [-0.05, 0) is 47.7 Å². The molecule has 3 aromatic rings. The maximum Gasteiger partial charge on any atom is 0.254 e. The first-order valence-electron chi connectivity index (χ1n) is 12.2. The van der Waals surface area contributed by atoms with E-state index < -0.39 is 6.10 Å². The number of amides is 2. The molecule has 4 rings (SSSR count). The van der Waals surface area contributed by atoms with E-state index in [1.54, 1.807) is 29.2 Å². The molecule has 0 spiro atoms. The zero-order chi connectivity index (χ0) is 25.5. The van der Waals surface area contributed by atoms with E-state index in [1.165, 1.54) is 0 Å². The number of rotatable bonds is 10. The summed E-state index contributed by atoms with van der Waals surface area (Å²) < 4.78 is 10.7. The highest BCUT2D eigenvalue weighted by Gasteiger charge is 2.23. The number of carbonyl (C=O) groups is 2. The lowest BCUT2D eigenvalue weighted by Crippen LogP contribution is -2.44. The monoisotopic (exact) mass is 488 g/mol. The lowest BCUT2D eigenvalue weighted by Gasteiger charge is -2.27. The molecule has 2 amide bonds. The van der Waals surface area contributed by atoms with E-state index in [0.29, 0.717) is 35.6 Å². The molecule has 0 bridgehead atoms. The number of aliphatic hydroxyl groups excluding tert-OH is 1. The van der Waals surface area contributed by atoms with Crippen molar-refractivity contribution in [3.8, 4) is 11.5 Å². The van der Waals surface area contributed by atoms with Crippen molar-refractivity contribution in [2.45, 2.75) is 26.4 Å². The fourth-order valence-electron chi connectivity index (χ4n) is 4.23. The second-order valence-electron chi connectivity index (χ2n) is 9.36. The molecular formula is C29H32N2O5. The number of carbonyl (C=O) groups excluding carboxylic acids is 2. The summed E-state index contributed by atoms with van der Waals surface area (Å²) in [6, 6.07) is 22.5. The van der Waals surface area contributed by atoms with Crippen LogP contribution < -0.4 is 14.8 Å². The Kier molecular flexibility index (Phi) is 8.23. The highest BCUT2D eigenvalue weighted by molar-refractivity contribution is 5.96. The van der Waals surface area contributed by atoms with Crippen molar-refractivity contribution in [1.29, 1.82) is 0 Å². The number of hydrogen-bond donors (Lipinski definition) is 2. The van der Waals surface area contributed by atoms with Gasteiger partial charge in [-0.3, -0.25) is 9.59 Å². The molecule has 36 heavy (non-hydrogen) atoms. The zero-order valence-electron chi connectivity index (χ0n) is 20.6. The van der Waals surface area contributed by atoms with E-state index in [-0.39, 0.29) is 37.6 Å². The number of hydrogen-bond acceptors (Lipinski definition) is 5. The summed E-state index contributed by atoms with van der Waals surface area (Å²) in [5, 5.41) is 13.6. The molecule has 0 saturated heterocycles. The number of aliphatic hydroxyl groups is 1. The predicted octanol–water partition coefficient (Wildman–Crippen LogP) is 3.90. The Morgan fingerprint density at radius 3 is 2.44 bits per heavy atom. The molecule has 3 aromatic carbocycles. The van der Waals surface area contributed by atoms with Gasteiger partial charge in [0.1, 0.15) is 0 Å². The van der Waals surface area contributed by atoms with E-state index in [4.69, 9.17) is 9.47 Å². The molecule has 1 aliphatic rings. The van der Waals surface area contributed by atoms with Crippen LogP contribution in [0.25, 0.3) is 0 Å². The summed E-state index contributed by atoms with van der Waals surface area (Å²) in [5.74, 6) is 0.887. The summed E-state index contributed by atoms with van der Waals surface area (Å²) in [6.07, 6.45) is -0.286. The van der Waals surface area contributed by atoms with Crippen molar-refractivity contribution in [2.24, 2.45) is 5.92 Å². The summed E-state index contributed by atoms with van der Waals surface area (Å²) >= 11 is 0. The molecule has 0 radical (unpaired) electrons. The van der Waals surface area contributed by atoms with Gasteiger partial charge in [-0.2, -0.15) is 0 Å². The third kappa shape index (κ3) is 6.43. The standard InChI is InChI=1S/C29H32N2O5/c1-20(2)17-31(29(34)23-12-13-26-27(15-23)36-19-35-26)18-24(32)16-30-28(33)25-11-7-6-10-22(25)14-21-8-4-3-5-9-21/h3-13,15,20,24,32H,14,16-19H2,1-2H3,(H,30,33). The van der Waals surface area contributed by atoms with Crippen molar-refractivity contribution in [3.63, 3.8) is 0 Å². The van der Waals surface area contributed by atoms with E-state index in [0.717, 1.165) is 11.1 Å². The van der Waals surface area contributed by atoms with Crippen LogP contribution >= 0.6 is 0 Å². The van der Waals surface area contributed by atoms with Gasteiger partial charge in [-0.15, -0.1) is 0 Å². The van der Waals surface area contributed by atoms with Gasteiger partial charge >= 0.3 is 0 Å². The Morgan fingerprint density at radius 1 is 0.944 bits per heavy atom. The molecule has 0 fully saturated rings. The maximum absolute atomic E-state index is 13.2. The number of benzene rings is 3. The molecule has 0 aromatic heterocycles. The molecule has 7 nitrogen and oxygen atoms in total. The lowest BCUT2D eigenvalue weighted by molar-refractivity contribution is 0.0589. The normalized spacial score (nSPS) is 12.9. The largest absolute Gasteiger partial charge is 0.454 e. The quantitative estimate of drug-likeness (QED) is 0.452. The fourth-order valence-corrected chi connectivity index (χ4v) is 4.23. The number of ether oxygens (including phenoxy) is 2. The summed E-state index contributed by atoms with van der Waals surface area (Å²) in [5.41, 5.74) is 3.06. The van der Waals surface area contributed by atoms with Gasteiger partial charge in [0, 0.05) is 30.8 Å². The number of fused-ring (bicyclic) bond motifs is 1. The zero-order valence-corrected chi connectivity index (χ0v) is 20.6. The summed E-state index contributed by atoms with van der Waals surface area (Å²) in [4.78, 5) is 27.8. The van der Waals surface area contributed by atoms with Crippen LogP contribution in [0.15, 0.2) is 72.8 Å². The third-order valence-corrected chi connectivity index (χ3v) is 5.92. The van der Waals surface area contributed by atoms with Gasteiger partial charge in [0.05, 0.1) is 6.10 Å². The average molecular weight is 489 g/mol. The van der Waals surface area contributed by atoms with Gasteiger partial charge in [0.25, 0.3) is 11.8 Å². The van der Waals surface area contributed by atoms with Crippen LogP contribution in [0.4, 0.5) is 0 Å². The van der Waals surface area contributed by atoms with Crippen molar-refractivity contribution < 1.29 is 24.2 Å². The highest BCUT2D eigenvalue weighted by Crippen LogP contribution is 2.32. The van der Waals surface area contributed by atoms with Gasteiger partial charge in [0.2, 0.25) is 6.79 Å². The minimum Gasteiger partial charge on any atom is -0.454 e. The van der Waals surface area contributed by atoms with E-state index in [1.807, 2.05) is 62.4 Å². The van der Waals surface area contributed by atoms with Gasteiger partial charge in [0.15, 0.2) is 11.5 Å². The Hall–Kier alpha value is -3.84. The number of nitrogens with one attached hydrogen (secondary N) is 1. The molecule has 1 unspecified atom stereocenters. The Labute approximate surface area is 211 Å². The molecule has 0 saturated carbocycles. The van der Waals surface area contributed by atoms with Crippen LogP contribution in [-0.2, 0) is 6.42 Å². The molecule has 1 aliphatic heterocycles. The second-order valence-corrected chi connectivity index (χ2v) is 9.36. The number of nitrogens with zero attached hydrogens (tertiary/aromatic N) is 1. The van der Waals surface area contributed by atoms with Crippen molar-refractivity contribution in [1.82, 2.24) is 10.2 Å².